The second kappa shape index (κ2) is 30.3. The van der Waals surface area contributed by atoms with Crippen molar-refractivity contribution >= 4 is 11.7 Å². The SMILES string of the molecule is C/C=C(\CC/C=C\COC(F)(F)F)C1=CCC=CC=C1.CC.CC.CC.CC1CN=C(c2c(F)cccc2F)C1.CCOC(C)=O. The predicted octanol–water partition coefficient (Wildman–Crippen LogP) is 11.7. The number of allylic oxidation sites excluding steroid dienone is 9. The number of ether oxygens (including phenoxy) is 2. The van der Waals surface area contributed by atoms with Crippen LogP contribution >= 0.6 is 0 Å². The van der Waals surface area contributed by atoms with E-state index in [1.807, 2.05) is 73.6 Å². The van der Waals surface area contributed by atoms with Crippen LogP contribution < -0.4 is 0 Å². The summed E-state index contributed by atoms with van der Waals surface area (Å²) in [5.41, 5.74) is 2.99. The molecule has 1 aliphatic carbocycles. The van der Waals surface area contributed by atoms with Crippen molar-refractivity contribution in [2.75, 3.05) is 19.8 Å². The van der Waals surface area contributed by atoms with Crippen LogP contribution in [0.25, 0.3) is 0 Å². The third-order valence-electron chi connectivity index (χ3n) is 5.54. The summed E-state index contributed by atoms with van der Waals surface area (Å²) < 4.78 is 69.9. The van der Waals surface area contributed by atoms with Crippen LogP contribution in [-0.2, 0) is 14.3 Å². The van der Waals surface area contributed by atoms with Gasteiger partial charge in [-0.15, -0.1) is 13.2 Å². The molecule has 1 heterocycles. The summed E-state index contributed by atoms with van der Waals surface area (Å²) in [5.74, 6) is -0.850. The Labute approximate surface area is 274 Å². The van der Waals surface area contributed by atoms with Crippen LogP contribution in [0.2, 0.25) is 0 Å². The van der Waals surface area contributed by atoms with Gasteiger partial charge in [-0.1, -0.05) is 103 Å². The molecule has 9 heteroatoms. The summed E-state index contributed by atoms with van der Waals surface area (Å²) >= 11 is 0. The molecule has 262 valence electrons. The minimum absolute atomic E-state index is 0.0526. The molecule has 1 aromatic rings. The van der Waals surface area contributed by atoms with E-state index >= 15 is 0 Å². The number of rotatable bonds is 8. The fourth-order valence-electron chi connectivity index (χ4n) is 3.72. The molecule has 0 bridgehead atoms. The summed E-state index contributed by atoms with van der Waals surface area (Å²) in [6, 6.07) is 3.90. The van der Waals surface area contributed by atoms with Gasteiger partial charge < -0.3 is 4.74 Å². The van der Waals surface area contributed by atoms with E-state index in [0.29, 0.717) is 37.6 Å². The normalized spacial score (nSPS) is 15.0. The van der Waals surface area contributed by atoms with Crippen LogP contribution in [0.5, 0.6) is 0 Å². The first kappa shape index (κ1) is 47.1. The van der Waals surface area contributed by atoms with E-state index in [0.717, 1.165) is 12.8 Å². The summed E-state index contributed by atoms with van der Waals surface area (Å²) in [5, 5.41) is 0. The van der Waals surface area contributed by atoms with Gasteiger partial charge in [0.2, 0.25) is 0 Å². The Morgan fingerprint density at radius 1 is 1.02 bits per heavy atom. The predicted molar refractivity (Wildman–Crippen MR) is 183 cm³/mol. The highest BCUT2D eigenvalue weighted by Gasteiger charge is 2.28. The van der Waals surface area contributed by atoms with Gasteiger partial charge in [-0.25, -0.2) is 8.78 Å². The number of hydrogen-bond donors (Lipinski definition) is 0. The molecule has 1 aromatic carbocycles. The Morgan fingerprint density at radius 3 is 2.09 bits per heavy atom. The first-order valence-corrected chi connectivity index (χ1v) is 16.1. The summed E-state index contributed by atoms with van der Waals surface area (Å²) in [4.78, 5) is 14.0. The molecule has 0 N–H and O–H groups in total. The Balaban J connectivity index is -0.000000615. The molecular formula is C37H56F5NO3. The van der Waals surface area contributed by atoms with Crippen molar-refractivity contribution < 1.29 is 36.2 Å². The summed E-state index contributed by atoms with van der Waals surface area (Å²) in [6.45, 7) is 19.9. The zero-order chi connectivity index (χ0) is 36.0. The summed E-state index contributed by atoms with van der Waals surface area (Å²) in [7, 11) is 0. The third kappa shape index (κ3) is 24.0. The molecule has 1 atom stereocenters. The number of alkyl halides is 3. The van der Waals surface area contributed by atoms with Crippen LogP contribution in [0, 0.1) is 17.6 Å². The van der Waals surface area contributed by atoms with Crippen molar-refractivity contribution in [1.82, 2.24) is 0 Å². The van der Waals surface area contributed by atoms with Gasteiger partial charge in [0.25, 0.3) is 0 Å². The van der Waals surface area contributed by atoms with Crippen LogP contribution in [-0.4, -0.2) is 37.8 Å². The van der Waals surface area contributed by atoms with E-state index in [2.05, 4.69) is 32.7 Å². The molecule has 3 rings (SSSR count). The lowest BCUT2D eigenvalue weighted by Gasteiger charge is -2.07. The van der Waals surface area contributed by atoms with Gasteiger partial charge in [-0.05, 0) is 68.7 Å². The maximum absolute atomic E-state index is 13.3. The van der Waals surface area contributed by atoms with Gasteiger partial charge >= 0.3 is 12.3 Å². The number of carbonyl (C=O) groups is 1. The van der Waals surface area contributed by atoms with Crippen molar-refractivity contribution in [1.29, 1.82) is 0 Å². The number of benzene rings is 1. The highest BCUT2D eigenvalue weighted by atomic mass is 19.4. The standard InChI is InChI=1S/C16H19F3O.C11H11F2N.C4H8O2.3C2H6/c1-2-14(15-11-6-3-4-7-12-15)10-8-5-9-13-20-16(17,18)19;1-7-5-10(14-6-7)11-8(12)3-2-4-9(11)13;1-3-6-4(2)5;3*1-2/h2-6,9,11-12H,7-8,10,13H2,1H3;2-4,7H,5-6H2,1H3;3H2,1-2H3;3*1-2H3/b9-5-,14-2+;;;;;. The molecule has 0 radical (unpaired) electrons. The van der Waals surface area contributed by atoms with Gasteiger partial charge in [0.05, 0.1) is 18.8 Å². The molecule has 2 aliphatic rings. The molecule has 0 amide bonds. The van der Waals surface area contributed by atoms with Gasteiger partial charge in [0, 0.05) is 19.2 Å². The molecule has 0 saturated heterocycles. The van der Waals surface area contributed by atoms with Crippen molar-refractivity contribution in [2.24, 2.45) is 10.9 Å². The lowest BCUT2D eigenvalue weighted by atomic mass is 10.00. The Bertz CT molecular complexity index is 1100. The average Bonchev–Trinajstić information content (AvgIpc) is 3.27. The minimum atomic E-state index is -4.55. The second-order valence-electron chi connectivity index (χ2n) is 8.88. The zero-order valence-electron chi connectivity index (χ0n) is 29.4. The van der Waals surface area contributed by atoms with Gasteiger partial charge in [-0.3, -0.25) is 14.5 Å². The smallest absolute Gasteiger partial charge is 0.466 e. The zero-order valence-corrected chi connectivity index (χ0v) is 29.4. The van der Waals surface area contributed by atoms with Crippen molar-refractivity contribution in [3.63, 3.8) is 0 Å². The summed E-state index contributed by atoms with van der Waals surface area (Å²) in [6.07, 6.45) is 13.9. The van der Waals surface area contributed by atoms with Crippen LogP contribution in [0.4, 0.5) is 22.0 Å². The number of carbonyl (C=O) groups excluding carboxylic acids is 1. The Hall–Kier alpha value is -3.33. The monoisotopic (exact) mass is 657 g/mol. The first-order valence-electron chi connectivity index (χ1n) is 16.1. The molecular weight excluding hydrogens is 601 g/mol. The maximum atomic E-state index is 13.3. The second-order valence-corrected chi connectivity index (χ2v) is 8.88. The van der Waals surface area contributed by atoms with E-state index in [4.69, 9.17) is 0 Å². The average molecular weight is 658 g/mol. The first-order chi connectivity index (χ1) is 22.0. The molecule has 0 fully saturated rings. The fraction of sp³-hybridized carbons (Fsp3) is 0.514. The quantitative estimate of drug-likeness (QED) is 0.159. The Morgan fingerprint density at radius 2 is 1.63 bits per heavy atom. The van der Waals surface area contributed by atoms with Crippen LogP contribution in [0.3, 0.4) is 0 Å². The number of aliphatic imine (C=N–C) groups is 1. The highest BCUT2D eigenvalue weighted by Crippen LogP contribution is 2.23. The molecule has 1 aliphatic heterocycles. The molecule has 0 saturated carbocycles. The molecule has 46 heavy (non-hydrogen) atoms. The largest absolute Gasteiger partial charge is 0.522 e. The number of esters is 1. The lowest BCUT2D eigenvalue weighted by molar-refractivity contribution is -0.319. The number of nitrogens with zero attached hydrogens (tertiary/aromatic N) is 1. The van der Waals surface area contributed by atoms with Crippen molar-refractivity contribution in [3.05, 3.63) is 95.2 Å². The fourth-order valence-corrected chi connectivity index (χ4v) is 3.72. The van der Waals surface area contributed by atoms with Crippen molar-refractivity contribution in [2.45, 2.75) is 101 Å². The van der Waals surface area contributed by atoms with Crippen LogP contribution in [0.15, 0.2) is 82.9 Å². The van der Waals surface area contributed by atoms with Gasteiger partial charge in [0.15, 0.2) is 0 Å². The van der Waals surface area contributed by atoms with Crippen LogP contribution in [0.1, 0.15) is 100 Å². The van der Waals surface area contributed by atoms with E-state index in [9.17, 15) is 26.7 Å². The van der Waals surface area contributed by atoms with E-state index in [1.54, 1.807) is 13.0 Å². The number of halogens is 5. The minimum Gasteiger partial charge on any atom is -0.466 e. The van der Waals surface area contributed by atoms with E-state index < -0.39 is 24.6 Å². The third-order valence-corrected chi connectivity index (χ3v) is 5.54. The molecule has 0 aromatic heterocycles. The van der Waals surface area contributed by atoms with E-state index in [1.165, 1.54) is 42.3 Å². The topological polar surface area (TPSA) is 47.9 Å². The van der Waals surface area contributed by atoms with Crippen molar-refractivity contribution in [3.8, 4) is 0 Å². The highest BCUT2D eigenvalue weighted by molar-refractivity contribution is 6.02. The van der Waals surface area contributed by atoms with Gasteiger partial charge in [-0.2, -0.15) is 0 Å². The Kier molecular flexibility index (Phi) is 31.0. The van der Waals surface area contributed by atoms with E-state index in [-0.39, 0.29) is 11.5 Å². The molecule has 4 nitrogen and oxygen atoms in total. The molecule has 0 spiro atoms. The maximum Gasteiger partial charge on any atom is 0.522 e. The van der Waals surface area contributed by atoms with Gasteiger partial charge in [0.1, 0.15) is 11.6 Å². The number of hydrogen-bond acceptors (Lipinski definition) is 4. The molecule has 1 unspecified atom stereocenters. The lowest BCUT2D eigenvalue weighted by Crippen LogP contribution is -2.12.